The van der Waals surface area contributed by atoms with E-state index >= 15 is 0 Å². The lowest BCUT2D eigenvalue weighted by molar-refractivity contribution is -0.185. The summed E-state index contributed by atoms with van der Waals surface area (Å²) in [5.74, 6) is 11.3. The van der Waals surface area contributed by atoms with Gasteiger partial charge in [-0.3, -0.25) is 0 Å². The van der Waals surface area contributed by atoms with E-state index in [2.05, 4.69) is 27.7 Å². The Balaban J connectivity index is 1.61. The molecule has 21 heavy (non-hydrogen) atoms. The first-order chi connectivity index (χ1) is 9.96. The van der Waals surface area contributed by atoms with Crippen LogP contribution in [0.4, 0.5) is 0 Å². The van der Waals surface area contributed by atoms with Crippen LogP contribution < -0.4 is 0 Å². The third-order valence-electron chi connectivity index (χ3n) is 12.3. The molecule has 0 heteroatoms. The first-order valence-electron chi connectivity index (χ1n) is 9.96. The predicted molar refractivity (Wildman–Crippen MR) is 83.4 cm³/mol. The molecule has 4 bridgehead atoms. The van der Waals surface area contributed by atoms with Gasteiger partial charge in [-0.1, -0.05) is 27.7 Å². The minimum atomic E-state index is 0.701. The fourth-order valence-corrected chi connectivity index (χ4v) is 11.9. The van der Waals surface area contributed by atoms with Crippen LogP contribution in [-0.4, -0.2) is 0 Å². The summed E-state index contributed by atoms with van der Waals surface area (Å²) in [6.07, 6.45) is 6.58. The maximum absolute atomic E-state index is 2.84. The second kappa shape index (κ2) is 2.67. The average Bonchev–Trinajstić information content (AvgIpc) is 2.95. The summed E-state index contributed by atoms with van der Waals surface area (Å²) in [7, 11) is 0. The molecule has 7 aliphatic carbocycles. The molecule has 1 spiro atoms. The summed E-state index contributed by atoms with van der Waals surface area (Å²) in [6, 6.07) is 0. The van der Waals surface area contributed by atoms with Gasteiger partial charge in [0.15, 0.2) is 0 Å². The van der Waals surface area contributed by atoms with Crippen molar-refractivity contribution in [3.8, 4) is 0 Å². The van der Waals surface area contributed by atoms with E-state index < -0.39 is 0 Å². The molecule has 7 fully saturated rings. The van der Waals surface area contributed by atoms with Crippen molar-refractivity contribution in [2.45, 2.75) is 53.4 Å². The highest BCUT2D eigenvalue weighted by atomic mass is 14.9. The summed E-state index contributed by atoms with van der Waals surface area (Å²) in [5, 5.41) is 0. The fraction of sp³-hybridized carbons (Fsp3) is 1.00. The van der Waals surface area contributed by atoms with E-state index in [0.29, 0.717) is 5.41 Å². The Hall–Kier alpha value is 0. The maximum Gasteiger partial charge on any atom is -0.0176 e. The smallest absolute Gasteiger partial charge is 0.0176 e. The lowest BCUT2D eigenvalue weighted by Crippen LogP contribution is -2.61. The van der Waals surface area contributed by atoms with Gasteiger partial charge in [0, 0.05) is 0 Å². The van der Waals surface area contributed by atoms with Crippen molar-refractivity contribution in [3.05, 3.63) is 0 Å². The van der Waals surface area contributed by atoms with Crippen molar-refractivity contribution in [1.82, 2.24) is 0 Å². The van der Waals surface area contributed by atoms with Gasteiger partial charge in [-0.2, -0.15) is 0 Å². The van der Waals surface area contributed by atoms with Crippen molar-refractivity contribution in [3.63, 3.8) is 0 Å². The molecule has 7 rings (SSSR count). The molecule has 7 aliphatic rings. The molecule has 0 aromatic rings. The molecule has 114 valence electrons. The topological polar surface area (TPSA) is 0 Å². The monoisotopic (exact) mass is 282 g/mol. The molecule has 13 atom stereocenters. The van der Waals surface area contributed by atoms with E-state index in [1.165, 1.54) is 23.7 Å². The first kappa shape index (κ1) is 11.5. The Morgan fingerprint density at radius 1 is 0.857 bits per heavy atom. The van der Waals surface area contributed by atoms with Crippen LogP contribution in [-0.2, 0) is 0 Å². The highest BCUT2D eigenvalue weighted by Gasteiger charge is 2.89. The number of hydrogen-bond acceptors (Lipinski definition) is 0. The largest absolute Gasteiger partial charge is 0.0619 e. The van der Waals surface area contributed by atoms with Crippen LogP contribution in [0.15, 0.2) is 0 Å². The average molecular weight is 282 g/mol. The van der Waals surface area contributed by atoms with Crippen molar-refractivity contribution in [2.75, 3.05) is 0 Å². The Kier molecular flexibility index (Phi) is 1.47. The minimum Gasteiger partial charge on any atom is -0.0619 e. The predicted octanol–water partition coefficient (Wildman–Crippen LogP) is 4.84. The van der Waals surface area contributed by atoms with E-state index in [1.807, 2.05) is 0 Å². The van der Waals surface area contributed by atoms with Gasteiger partial charge in [0.05, 0.1) is 0 Å². The molecule has 0 radical (unpaired) electrons. The molecule has 13 unspecified atom stereocenters. The van der Waals surface area contributed by atoms with E-state index in [4.69, 9.17) is 0 Å². The first-order valence-corrected chi connectivity index (χ1v) is 9.96. The Bertz CT molecular complexity index is 593. The van der Waals surface area contributed by atoms with Gasteiger partial charge in [0.25, 0.3) is 0 Å². The summed E-state index contributed by atoms with van der Waals surface area (Å²) >= 11 is 0. The molecule has 0 aliphatic heterocycles. The summed E-state index contributed by atoms with van der Waals surface area (Å²) in [5.41, 5.74) is 2.22. The van der Waals surface area contributed by atoms with Crippen molar-refractivity contribution in [2.24, 2.45) is 75.4 Å². The highest BCUT2D eigenvalue weighted by molar-refractivity contribution is 5.36. The fourth-order valence-electron chi connectivity index (χ4n) is 11.9. The van der Waals surface area contributed by atoms with Crippen LogP contribution in [0.3, 0.4) is 0 Å². The zero-order chi connectivity index (χ0) is 14.1. The van der Waals surface area contributed by atoms with Gasteiger partial charge in [-0.15, -0.1) is 0 Å². The molecule has 0 nitrogen and oxygen atoms in total. The van der Waals surface area contributed by atoms with Crippen LogP contribution in [0.1, 0.15) is 53.4 Å². The van der Waals surface area contributed by atoms with Crippen molar-refractivity contribution >= 4 is 0 Å². The molecule has 0 saturated heterocycles. The molecule has 0 aromatic heterocycles. The minimum absolute atomic E-state index is 0.701. The second-order valence-electron chi connectivity index (χ2n) is 11.2. The highest BCUT2D eigenvalue weighted by Crippen LogP contribution is 2.94. The zero-order valence-electron chi connectivity index (χ0n) is 14.1. The molecule has 0 amide bonds. The van der Waals surface area contributed by atoms with Crippen LogP contribution in [0.2, 0.25) is 0 Å². The van der Waals surface area contributed by atoms with Crippen LogP contribution in [0, 0.1) is 75.4 Å². The number of rotatable bonds is 0. The van der Waals surface area contributed by atoms with Crippen LogP contribution in [0.25, 0.3) is 0 Å². The molecule has 7 saturated carbocycles. The van der Waals surface area contributed by atoms with Crippen LogP contribution >= 0.6 is 0 Å². The van der Waals surface area contributed by atoms with Gasteiger partial charge in [-0.05, 0) is 101 Å². The lowest BCUT2D eigenvalue weighted by atomic mass is 9.38. The Morgan fingerprint density at radius 2 is 1.57 bits per heavy atom. The lowest BCUT2D eigenvalue weighted by Gasteiger charge is -2.66. The molecular weight excluding hydrogens is 252 g/mol. The summed E-state index contributed by atoms with van der Waals surface area (Å²) in [6.45, 7) is 11.0. The standard InChI is InChI=1S/C21H30/c1-9-15-12-7-21-6-11-5-14-16(9)18(17(15)13(12)8-21)20(21,4)19(14,3)10(11)2/h9-18H,5-8H2,1-4H3. The number of hydrogen-bond donors (Lipinski definition) is 0. The molecule has 0 N–H and O–H groups in total. The van der Waals surface area contributed by atoms with Gasteiger partial charge in [0.1, 0.15) is 0 Å². The van der Waals surface area contributed by atoms with Gasteiger partial charge >= 0.3 is 0 Å². The SMILES string of the molecule is CC1C2C3CC45CC6CC7C1C(C2C3C4)C5(C)C7(C)C6C. The van der Waals surface area contributed by atoms with Gasteiger partial charge in [-0.25, -0.2) is 0 Å². The quantitative estimate of drug-likeness (QED) is 0.596. The molecular formula is C21H30. The summed E-state index contributed by atoms with van der Waals surface area (Å²) < 4.78 is 0. The summed E-state index contributed by atoms with van der Waals surface area (Å²) in [4.78, 5) is 0. The third-order valence-corrected chi connectivity index (χ3v) is 12.3. The van der Waals surface area contributed by atoms with E-state index in [1.54, 1.807) is 25.7 Å². The number of fused-ring (bicyclic) bond motifs is 3. The second-order valence-corrected chi connectivity index (χ2v) is 11.2. The zero-order valence-corrected chi connectivity index (χ0v) is 14.1. The third kappa shape index (κ3) is 0.718. The Labute approximate surface area is 129 Å². The normalized spacial score (nSPS) is 84.0. The van der Waals surface area contributed by atoms with Crippen LogP contribution in [0.5, 0.6) is 0 Å². The molecule has 0 aromatic carbocycles. The van der Waals surface area contributed by atoms with Gasteiger partial charge in [0.2, 0.25) is 0 Å². The van der Waals surface area contributed by atoms with Crippen molar-refractivity contribution < 1.29 is 0 Å². The Morgan fingerprint density at radius 3 is 2.33 bits per heavy atom. The maximum atomic E-state index is 2.84. The molecule has 0 heterocycles. The van der Waals surface area contributed by atoms with Crippen molar-refractivity contribution in [1.29, 1.82) is 0 Å². The van der Waals surface area contributed by atoms with E-state index in [9.17, 15) is 0 Å². The van der Waals surface area contributed by atoms with E-state index in [0.717, 1.165) is 46.3 Å². The van der Waals surface area contributed by atoms with E-state index in [-0.39, 0.29) is 0 Å². The van der Waals surface area contributed by atoms with Gasteiger partial charge < -0.3 is 0 Å².